The number of aryl methyl sites for hydroxylation is 1. The van der Waals surface area contributed by atoms with Crippen LogP contribution in [0.3, 0.4) is 0 Å². The monoisotopic (exact) mass is 282 g/mol. The van der Waals surface area contributed by atoms with E-state index < -0.39 is 0 Å². The van der Waals surface area contributed by atoms with Gasteiger partial charge in [-0.3, -0.25) is 4.79 Å². The Bertz CT molecular complexity index is 588. The van der Waals surface area contributed by atoms with Crippen LogP contribution in [0.25, 0.3) is 0 Å². The second-order valence-electron chi connectivity index (χ2n) is 5.24. The Kier molecular flexibility index (Phi) is 5.56. The third-order valence-corrected chi connectivity index (χ3v) is 3.47. The molecule has 2 rings (SSSR count). The molecule has 0 aliphatic carbocycles. The lowest BCUT2D eigenvalue weighted by Crippen LogP contribution is -2.04. The van der Waals surface area contributed by atoms with Gasteiger partial charge in [-0.1, -0.05) is 37.3 Å². The molecule has 2 heteroatoms. The highest BCUT2D eigenvalue weighted by atomic mass is 16.5. The summed E-state index contributed by atoms with van der Waals surface area (Å²) in [5.74, 6) is 1.07. The number of benzene rings is 2. The van der Waals surface area contributed by atoms with Gasteiger partial charge in [-0.05, 0) is 42.7 Å². The number of carbonyl (C=O) groups excluding carboxylic acids is 1. The summed E-state index contributed by atoms with van der Waals surface area (Å²) in [6.45, 7) is 4.65. The average molecular weight is 282 g/mol. The number of carbonyl (C=O) groups is 1. The molecule has 0 unspecified atom stereocenters. The van der Waals surface area contributed by atoms with Crippen LogP contribution in [0.5, 0.6) is 5.75 Å². The zero-order valence-corrected chi connectivity index (χ0v) is 12.8. The first-order valence-corrected chi connectivity index (χ1v) is 7.51. The van der Waals surface area contributed by atoms with E-state index in [2.05, 4.69) is 12.1 Å². The summed E-state index contributed by atoms with van der Waals surface area (Å²) >= 11 is 0. The van der Waals surface area contributed by atoms with E-state index in [1.165, 1.54) is 5.56 Å². The van der Waals surface area contributed by atoms with Gasteiger partial charge in [-0.15, -0.1) is 0 Å². The normalized spacial score (nSPS) is 10.4. The molecule has 0 aliphatic rings. The molecular weight excluding hydrogens is 260 g/mol. The molecule has 2 aromatic carbocycles. The van der Waals surface area contributed by atoms with Crippen molar-refractivity contribution in [1.29, 1.82) is 0 Å². The second kappa shape index (κ2) is 7.63. The molecule has 21 heavy (non-hydrogen) atoms. The number of hydrogen-bond acceptors (Lipinski definition) is 2. The van der Waals surface area contributed by atoms with Crippen LogP contribution in [0.1, 0.15) is 41.3 Å². The van der Waals surface area contributed by atoms with Crippen LogP contribution in [0, 0.1) is 6.92 Å². The van der Waals surface area contributed by atoms with Crippen molar-refractivity contribution < 1.29 is 9.53 Å². The Morgan fingerprint density at radius 3 is 2.52 bits per heavy atom. The molecule has 0 heterocycles. The highest BCUT2D eigenvalue weighted by molar-refractivity contribution is 5.96. The minimum absolute atomic E-state index is 0.205. The molecule has 0 N–H and O–H groups in total. The van der Waals surface area contributed by atoms with Gasteiger partial charge in [0.1, 0.15) is 5.75 Å². The van der Waals surface area contributed by atoms with Gasteiger partial charge in [0.05, 0.1) is 6.61 Å². The molecule has 110 valence electrons. The van der Waals surface area contributed by atoms with E-state index in [9.17, 15) is 4.79 Å². The fraction of sp³-hybridized carbons (Fsp3) is 0.316. The van der Waals surface area contributed by atoms with Crippen LogP contribution >= 0.6 is 0 Å². The fourth-order valence-electron chi connectivity index (χ4n) is 2.28. The molecular formula is C19H22O2. The van der Waals surface area contributed by atoms with Crippen molar-refractivity contribution in [2.45, 2.75) is 33.1 Å². The molecule has 0 saturated carbocycles. The smallest absolute Gasteiger partial charge is 0.162 e. The first-order chi connectivity index (χ1) is 10.2. The Balaban J connectivity index is 1.93. The van der Waals surface area contributed by atoms with Crippen molar-refractivity contribution in [1.82, 2.24) is 0 Å². The Morgan fingerprint density at radius 1 is 1.10 bits per heavy atom. The van der Waals surface area contributed by atoms with Crippen molar-refractivity contribution in [3.63, 3.8) is 0 Å². The van der Waals surface area contributed by atoms with Crippen LogP contribution in [-0.4, -0.2) is 12.4 Å². The third kappa shape index (κ3) is 4.45. The molecule has 0 spiro atoms. The zero-order valence-electron chi connectivity index (χ0n) is 12.8. The molecule has 0 fully saturated rings. The lowest BCUT2D eigenvalue weighted by molar-refractivity contribution is 0.0981. The topological polar surface area (TPSA) is 26.3 Å². The summed E-state index contributed by atoms with van der Waals surface area (Å²) in [4.78, 5) is 11.9. The van der Waals surface area contributed by atoms with Crippen molar-refractivity contribution in [3.8, 4) is 5.75 Å². The average Bonchev–Trinajstić information content (AvgIpc) is 2.50. The molecule has 0 amide bonds. The highest BCUT2D eigenvalue weighted by Crippen LogP contribution is 2.20. The maximum absolute atomic E-state index is 11.9. The minimum Gasteiger partial charge on any atom is -0.493 e. The van der Waals surface area contributed by atoms with Crippen molar-refractivity contribution in [2.75, 3.05) is 6.61 Å². The van der Waals surface area contributed by atoms with Crippen LogP contribution < -0.4 is 4.74 Å². The fourth-order valence-corrected chi connectivity index (χ4v) is 2.28. The van der Waals surface area contributed by atoms with Gasteiger partial charge in [0.2, 0.25) is 0 Å². The number of Topliss-reactive ketones (excluding diaryl/α,β-unsaturated/α-hetero) is 1. The predicted molar refractivity (Wildman–Crippen MR) is 86.1 cm³/mol. The molecule has 0 atom stereocenters. The third-order valence-electron chi connectivity index (χ3n) is 3.47. The zero-order chi connectivity index (χ0) is 15.1. The summed E-state index contributed by atoms with van der Waals surface area (Å²) < 4.78 is 5.82. The Hall–Kier alpha value is -2.09. The highest BCUT2D eigenvalue weighted by Gasteiger charge is 2.07. The van der Waals surface area contributed by atoms with Crippen LogP contribution in [-0.2, 0) is 6.42 Å². The molecule has 0 saturated heterocycles. The van der Waals surface area contributed by atoms with E-state index in [0.717, 1.165) is 29.7 Å². The van der Waals surface area contributed by atoms with Gasteiger partial charge < -0.3 is 4.74 Å². The van der Waals surface area contributed by atoms with E-state index in [0.29, 0.717) is 13.0 Å². The van der Waals surface area contributed by atoms with Gasteiger partial charge >= 0.3 is 0 Å². The number of ketones is 1. The van der Waals surface area contributed by atoms with Crippen LogP contribution in [0.2, 0.25) is 0 Å². The standard InChI is InChI=1S/C19H22O2/c1-3-7-18(20)17-10-11-19(15(2)14-17)21-13-12-16-8-5-4-6-9-16/h4-6,8-11,14H,3,7,12-13H2,1-2H3. The predicted octanol–water partition coefficient (Wildman–Crippen LogP) is 4.60. The lowest BCUT2D eigenvalue weighted by Gasteiger charge is -2.10. The lowest BCUT2D eigenvalue weighted by atomic mass is 10.0. The molecule has 2 aromatic rings. The second-order valence-corrected chi connectivity index (χ2v) is 5.24. The summed E-state index contributed by atoms with van der Waals surface area (Å²) in [5.41, 5.74) is 3.07. The van der Waals surface area contributed by atoms with Gasteiger partial charge in [-0.25, -0.2) is 0 Å². The molecule has 0 bridgehead atoms. The van der Waals surface area contributed by atoms with E-state index in [1.54, 1.807) is 0 Å². The number of hydrogen-bond donors (Lipinski definition) is 0. The summed E-state index contributed by atoms with van der Waals surface area (Å²) in [6, 6.07) is 16.0. The van der Waals surface area contributed by atoms with E-state index in [4.69, 9.17) is 4.74 Å². The van der Waals surface area contributed by atoms with Crippen LogP contribution in [0.4, 0.5) is 0 Å². The quantitative estimate of drug-likeness (QED) is 0.694. The summed E-state index contributed by atoms with van der Waals surface area (Å²) in [6.07, 6.45) is 2.37. The number of rotatable bonds is 7. The summed E-state index contributed by atoms with van der Waals surface area (Å²) in [7, 11) is 0. The SMILES string of the molecule is CCCC(=O)c1ccc(OCCc2ccccc2)c(C)c1. The maximum Gasteiger partial charge on any atom is 0.162 e. The van der Waals surface area contributed by atoms with Crippen molar-refractivity contribution in [3.05, 3.63) is 65.2 Å². The molecule has 0 aliphatic heterocycles. The van der Waals surface area contributed by atoms with E-state index in [-0.39, 0.29) is 5.78 Å². The molecule has 0 radical (unpaired) electrons. The largest absolute Gasteiger partial charge is 0.493 e. The van der Waals surface area contributed by atoms with Gasteiger partial charge in [0.15, 0.2) is 5.78 Å². The van der Waals surface area contributed by atoms with Gasteiger partial charge in [0.25, 0.3) is 0 Å². The Morgan fingerprint density at radius 2 is 1.86 bits per heavy atom. The first-order valence-electron chi connectivity index (χ1n) is 7.51. The number of ether oxygens (including phenoxy) is 1. The van der Waals surface area contributed by atoms with Gasteiger partial charge in [-0.2, -0.15) is 0 Å². The first kappa shape index (κ1) is 15.3. The van der Waals surface area contributed by atoms with E-state index >= 15 is 0 Å². The Labute approximate surface area is 126 Å². The minimum atomic E-state index is 0.205. The van der Waals surface area contributed by atoms with Crippen molar-refractivity contribution >= 4 is 5.78 Å². The summed E-state index contributed by atoms with van der Waals surface area (Å²) in [5, 5.41) is 0. The maximum atomic E-state index is 11.9. The van der Waals surface area contributed by atoms with E-state index in [1.807, 2.05) is 50.2 Å². The van der Waals surface area contributed by atoms with Crippen LogP contribution in [0.15, 0.2) is 48.5 Å². The molecule has 0 aromatic heterocycles. The molecule has 2 nitrogen and oxygen atoms in total. The van der Waals surface area contributed by atoms with Gasteiger partial charge in [0, 0.05) is 18.4 Å². The van der Waals surface area contributed by atoms with Crippen molar-refractivity contribution in [2.24, 2.45) is 0 Å².